The minimum Gasteiger partial charge on any atom is -0.493 e. The molecule has 0 saturated carbocycles. The number of piperidine rings is 1. The Bertz CT molecular complexity index is 419. The van der Waals surface area contributed by atoms with Crippen LogP contribution >= 0.6 is 0 Å². The van der Waals surface area contributed by atoms with Gasteiger partial charge in [-0.2, -0.15) is 0 Å². The van der Waals surface area contributed by atoms with Gasteiger partial charge in [0.1, 0.15) is 5.75 Å². The Morgan fingerprint density at radius 1 is 1.33 bits per heavy atom. The maximum absolute atomic E-state index is 9.35. The lowest BCUT2D eigenvalue weighted by atomic mass is 9.98. The lowest BCUT2D eigenvalue weighted by Gasteiger charge is -2.32. The number of hydrogen-bond acceptors (Lipinski definition) is 3. The van der Waals surface area contributed by atoms with Crippen molar-refractivity contribution in [3.8, 4) is 5.75 Å². The number of aliphatic hydroxyl groups is 1. The van der Waals surface area contributed by atoms with Gasteiger partial charge in [0, 0.05) is 25.3 Å². The largest absolute Gasteiger partial charge is 0.493 e. The summed E-state index contributed by atoms with van der Waals surface area (Å²) in [5, 5.41) is 9.35. The molecule has 3 nitrogen and oxygen atoms in total. The summed E-state index contributed by atoms with van der Waals surface area (Å²) < 4.78 is 5.97. The molecule has 1 fully saturated rings. The van der Waals surface area contributed by atoms with Crippen molar-refractivity contribution in [2.45, 2.75) is 39.7 Å². The maximum atomic E-state index is 9.35. The van der Waals surface area contributed by atoms with Crippen LogP contribution in [0.25, 0.3) is 0 Å². The van der Waals surface area contributed by atoms with E-state index in [1.165, 1.54) is 12.0 Å². The van der Waals surface area contributed by atoms with Gasteiger partial charge < -0.3 is 9.84 Å². The lowest BCUT2D eigenvalue weighted by Crippen LogP contribution is -2.36. The van der Waals surface area contributed by atoms with Gasteiger partial charge in [0.2, 0.25) is 0 Å². The molecule has 1 aromatic rings. The molecule has 0 bridgehead atoms. The molecule has 0 aromatic heterocycles. The Morgan fingerprint density at radius 2 is 2.14 bits per heavy atom. The molecule has 1 N–H and O–H groups in total. The second-order valence-corrected chi connectivity index (χ2v) is 6.56. The Balaban J connectivity index is 1.92. The number of benzene rings is 1. The van der Waals surface area contributed by atoms with Crippen molar-refractivity contribution in [3.05, 3.63) is 29.8 Å². The molecule has 0 radical (unpaired) electrons. The molecule has 118 valence electrons. The molecular formula is C18H29NO2. The normalized spacial score (nSPS) is 19.9. The number of nitrogens with zero attached hydrogens (tertiary/aromatic N) is 1. The zero-order chi connectivity index (χ0) is 15.1. The fourth-order valence-corrected chi connectivity index (χ4v) is 2.86. The number of para-hydroxylation sites is 1. The monoisotopic (exact) mass is 291 g/mol. The first-order valence-electron chi connectivity index (χ1n) is 8.23. The summed E-state index contributed by atoms with van der Waals surface area (Å²) in [6.07, 6.45) is 3.42. The molecule has 1 heterocycles. The number of hydrogen-bond donors (Lipinski definition) is 1. The fourth-order valence-electron chi connectivity index (χ4n) is 2.86. The number of aliphatic hydroxyl groups excluding tert-OH is 1. The molecule has 1 aromatic carbocycles. The third-order valence-corrected chi connectivity index (χ3v) is 4.18. The zero-order valence-corrected chi connectivity index (χ0v) is 13.4. The van der Waals surface area contributed by atoms with Gasteiger partial charge in [-0.05, 0) is 43.7 Å². The number of likely N-dealkylation sites (tertiary alicyclic amines) is 1. The van der Waals surface area contributed by atoms with Crippen LogP contribution in [-0.2, 0) is 6.54 Å². The van der Waals surface area contributed by atoms with Crippen LogP contribution in [0.5, 0.6) is 5.75 Å². The minimum atomic E-state index is 0.309. The summed E-state index contributed by atoms with van der Waals surface area (Å²) in [5.74, 6) is 2.13. The van der Waals surface area contributed by atoms with Crippen molar-refractivity contribution in [1.82, 2.24) is 4.90 Å². The fraction of sp³-hybridized carbons (Fsp3) is 0.667. The topological polar surface area (TPSA) is 32.7 Å². The van der Waals surface area contributed by atoms with Crippen LogP contribution in [0.15, 0.2) is 24.3 Å². The van der Waals surface area contributed by atoms with Gasteiger partial charge in [-0.15, -0.1) is 0 Å². The Labute approximate surface area is 128 Å². The average Bonchev–Trinajstić information content (AvgIpc) is 2.49. The summed E-state index contributed by atoms with van der Waals surface area (Å²) in [6, 6.07) is 8.36. The van der Waals surface area contributed by atoms with Gasteiger partial charge in [0.15, 0.2) is 0 Å². The van der Waals surface area contributed by atoms with Crippen molar-refractivity contribution in [2.24, 2.45) is 11.8 Å². The van der Waals surface area contributed by atoms with E-state index in [2.05, 4.69) is 36.9 Å². The van der Waals surface area contributed by atoms with E-state index in [0.717, 1.165) is 44.8 Å². The Morgan fingerprint density at radius 3 is 2.90 bits per heavy atom. The van der Waals surface area contributed by atoms with Crippen LogP contribution < -0.4 is 4.74 Å². The molecule has 0 aliphatic carbocycles. The van der Waals surface area contributed by atoms with E-state index in [-0.39, 0.29) is 0 Å². The highest BCUT2D eigenvalue weighted by molar-refractivity contribution is 5.33. The van der Waals surface area contributed by atoms with E-state index in [0.29, 0.717) is 18.4 Å². The van der Waals surface area contributed by atoms with Crippen molar-refractivity contribution in [3.63, 3.8) is 0 Å². The average molecular weight is 291 g/mol. The Kier molecular flexibility index (Phi) is 6.52. The molecular weight excluding hydrogens is 262 g/mol. The standard InChI is InChI=1S/C18H29NO2/c1-15(2)9-11-21-18-8-4-3-7-17(18)13-19-10-5-6-16(12-19)14-20/h3-4,7-8,15-16,20H,5-6,9-14H2,1-2H3. The summed E-state index contributed by atoms with van der Waals surface area (Å²) in [4.78, 5) is 2.44. The van der Waals surface area contributed by atoms with Gasteiger partial charge in [0.25, 0.3) is 0 Å². The molecule has 1 unspecified atom stereocenters. The number of ether oxygens (including phenoxy) is 1. The SMILES string of the molecule is CC(C)CCOc1ccccc1CN1CCCC(CO)C1. The highest BCUT2D eigenvalue weighted by Crippen LogP contribution is 2.23. The van der Waals surface area contributed by atoms with Crippen LogP contribution in [0.1, 0.15) is 38.7 Å². The van der Waals surface area contributed by atoms with E-state index < -0.39 is 0 Å². The zero-order valence-electron chi connectivity index (χ0n) is 13.4. The van der Waals surface area contributed by atoms with E-state index in [4.69, 9.17) is 4.74 Å². The quantitative estimate of drug-likeness (QED) is 0.836. The molecule has 1 atom stereocenters. The van der Waals surface area contributed by atoms with Crippen LogP contribution in [-0.4, -0.2) is 36.3 Å². The minimum absolute atomic E-state index is 0.309. The van der Waals surface area contributed by atoms with Crippen molar-refractivity contribution in [2.75, 3.05) is 26.3 Å². The Hall–Kier alpha value is -1.06. The molecule has 1 aliphatic rings. The highest BCUT2D eigenvalue weighted by Gasteiger charge is 2.20. The summed E-state index contributed by atoms with van der Waals surface area (Å²) in [7, 11) is 0. The van der Waals surface area contributed by atoms with E-state index in [9.17, 15) is 5.11 Å². The van der Waals surface area contributed by atoms with Crippen LogP contribution in [0, 0.1) is 11.8 Å². The summed E-state index contributed by atoms with van der Waals surface area (Å²) in [5.41, 5.74) is 1.26. The first-order valence-corrected chi connectivity index (χ1v) is 8.23. The number of rotatable bonds is 7. The first-order chi connectivity index (χ1) is 10.2. The van der Waals surface area contributed by atoms with Crippen molar-refractivity contribution in [1.29, 1.82) is 0 Å². The third-order valence-electron chi connectivity index (χ3n) is 4.18. The molecule has 0 spiro atoms. The van der Waals surface area contributed by atoms with E-state index in [1.54, 1.807) is 0 Å². The van der Waals surface area contributed by atoms with Crippen molar-refractivity contribution >= 4 is 0 Å². The predicted octanol–water partition coefficient (Wildman–Crippen LogP) is 3.32. The van der Waals surface area contributed by atoms with Crippen molar-refractivity contribution < 1.29 is 9.84 Å². The smallest absolute Gasteiger partial charge is 0.123 e. The molecule has 21 heavy (non-hydrogen) atoms. The molecule has 2 rings (SSSR count). The van der Waals surface area contributed by atoms with Gasteiger partial charge in [-0.25, -0.2) is 0 Å². The summed E-state index contributed by atoms with van der Waals surface area (Å²) >= 11 is 0. The molecule has 1 aliphatic heterocycles. The second-order valence-electron chi connectivity index (χ2n) is 6.56. The van der Waals surface area contributed by atoms with Crippen LogP contribution in [0.3, 0.4) is 0 Å². The lowest BCUT2D eigenvalue weighted by molar-refractivity contribution is 0.115. The predicted molar refractivity (Wildman–Crippen MR) is 86.5 cm³/mol. The van der Waals surface area contributed by atoms with Crippen LogP contribution in [0.4, 0.5) is 0 Å². The molecule has 3 heteroatoms. The second kappa shape index (κ2) is 8.40. The highest BCUT2D eigenvalue weighted by atomic mass is 16.5. The van der Waals surface area contributed by atoms with Gasteiger partial charge in [-0.1, -0.05) is 32.0 Å². The third kappa shape index (κ3) is 5.33. The van der Waals surface area contributed by atoms with E-state index >= 15 is 0 Å². The van der Waals surface area contributed by atoms with Gasteiger partial charge in [0.05, 0.1) is 6.61 Å². The van der Waals surface area contributed by atoms with Gasteiger partial charge in [-0.3, -0.25) is 4.90 Å². The van der Waals surface area contributed by atoms with Crippen LogP contribution in [0.2, 0.25) is 0 Å². The van der Waals surface area contributed by atoms with Gasteiger partial charge >= 0.3 is 0 Å². The first kappa shape index (κ1) is 16.3. The summed E-state index contributed by atoms with van der Waals surface area (Å²) in [6.45, 7) is 8.58. The van der Waals surface area contributed by atoms with E-state index in [1.807, 2.05) is 6.07 Å². The molecule has 0 amide bonds. The molecule has 1 saturated heterocycles. The maximum Gasteiger partial charge on any atom is 0.123 e.